The van der Waals surface area contributed by atoms with Gasteiger partial charge >= 0.3 is 0 Å². The van der Waals surface area contributed by atoms with Crippen molar-refractivity contribution < 1.29 is 4.74 Å². The van der Waals surface area contributed by atoms with Crippen LogP contribution in [0, 0.1) is 0 Å². The van der Waals surface area contributed by atoms with Crippen LogP contribution >= 0.6 is 11.8 Å². The average Bonchev–Trinajstić information content (AvgIpc) is 2.17. The molecule has 1 aromatic rings. The van der Waals surface area contributed by atoms with Gasteiger partial charge < -0.3 is 4.74 Å². The summed E-state index contributed by atoms with van der Waals surface area (Å²) in [5.74, 6) is 2.14. The maximum absolute atomic E-state index is 5.50. The molecule has 12 heavy (non-hydrogen) atoms. The van der Waals surface area contributed by atoms with Gasteiger partial charge in [-0.25, -0.2) is 0 Å². The van der Waals surface area contributed by atoms with Gasteiger partial charge in [-0.1, -0.05) is 13.0 Å². The molecule has 0 aliphatic carbocycles. The zero-order valence-corrected chi connectivity index (χ0v) is 7.99. The molecule has 1 aliphatic rings. The number of aryl methyl sites for hydroxylation is 1. The van der Waals surface area contributed by atoms with E-state index in [9.17, 15) is 0 Å². The van der Waals surface area contributed by atoms with Crippen LogP contribution in [0.3, 0.4) is 0 Å². The van der Waals surface area contributed by atoms with Crippen LogP contribution in [0.1, 0.15) is 12.5 Å². The van der Waals surface area contributed by atoms with E-state index in [1.54, 1.807) is 0 Å². The number of ether oxygens (including phenoxy) is 1. The first kappa shape index (κ1) is 7.99. The fraction of sp³-hybridized carbons (Fsp3) is 0.400. The van der Waals surface area contributed by atoms with Gasteiger partial charge in [0.15, 0.2) is 0 Å². The molecule has 0 spiro atoms. The molecule has 0 saturated carbocycles. The highest BCUT2D eigenvalue weighted by Gasteiger charge is 2.09. The highest BCUT2D eigenvalue weighted by molar-refractivity contribution is 7.99. The molecule has 0 unspecified atom stereocenters. The van der Waals surface area contributed by atoms with Crippen molar-refractivity contribution in [2.75, 3.05) is 12.4 Å². The molecule has 0 saturated heterocycles. The van der Waals surface area contributed by atoms with Crippen molar-refractivity contribution in [3.63, 3.8) is 0 Å². The van der Waals surface area contributed by atoms with E-state index < -0.39 is 0 Å². The minimum absolute atomic E-state index is 0.850. The molecule has 0 aromatic heterocycles. The fourth-order valence-electron chi connectivity index (χ4n) is 1.31. The Hall–Kier alpha value is -0.630. The molecule has 0 radical (unpaired) electrons. The molecule has 0 bridgehead atoms. The van der Waals surface area contributed by atoms with E-state index in [4.69, 9.17) is 4.74 Å². The first-order valence-electron chi connectivity index (χ1n) is 4.28. The van der Waals surface area contributed by atoms with E-state index >= 15 is 0 Å². The quantitative estimate of drug-likeness (QED) is 0.657. The van der Waals surface area contributed by atoms with Gasteiger partial charge in [-0.2, -0.15) is 0 Å². The summed E-state index contributed by atoms with van der Waals surface area (Å²) < 4.78 is 5.50. The van der Waals surface area contributed by atoms with Crippen molar-refractivity contribution in [2.45, 2.75) is 18.2 Å². The fourth-order valence-corrected chi connectivity index (χ4v) is 2.20. The van der Waals surface area contributed by atoms with Crippen LogP contribution in [0.4, 0.5) is 0 Å². The maximum atomic E-state index is 5.50. The van der Waals surface area contributed by atoms with Crippen LogP contribution in [0.5, 0.6) is 5.75 Å². The molecule has 0 atom stereocenters. The van der Waals surface area contributed by atoms with Crippen LogP contribution in [-0.2, 0) is 6.42 Å². The predicted molar refractivity (Wildman–Crippen MR) is 52.0 cm³/mol. The Bertz CT molecular complexity index is 283. The maximum Gasteiger partial charge on any atom is 0.132 e. The molecule has 0 amide bonds. The van der Waals surface area contributed by atoms with Gasteiger partial charge in [0, 0.05) is 10.6 Å². The largest absolute Gasteiger partial charge is 0.492 e. The van der Waals surface area contributed by atoms with E-state index in [2.05, 4.69) is 25.1 Å². The number of rotatable bonds is 1. The standard InChI is InChI=1S/C10H12OS/c1-2-8-3-4-9-10(7-8)12-6-5-11-9/h3-4,7H,2,5-6H2,1H3. The third-order valence-electron chi connectivity index (χ3n) is 2.01. The molecule has 64 valence electrons. The Morgan fingerprint density at radius 3 is 3.25 bits per heavy atom. The number of hydrogen-bond donors (Lipinski definition) is 0. The van der Waals surface area contributed by atoms with Gasteiger partial charge in [0.1, 0.15) is 5.75 Å². The lowest BCUT2D eigenvalue weighted by Crippen LogP contribution is -2.06. The summed E-state index contributed by atoms with van der Waals surface area (Å²) in [5.41, 5.74) is 1.40. The Kier molecular flexibility index (Phi) is 2.26. The third kappa shape index (κ3) is 1.44. The first-order chi connectivity index (χ1) is 5.90. The Morgan fingerprint density at radius 1 is 1.50 bits per heavy atom. The van der Waals surface area contributed by atoms with Crippen molar-refractivity contribution in [3.05, 3.63) is 23.8 Å². The van der Waals surface area contributed by atoms with Crippen molar-refractivity contribution in [1.29, 1.82) is 0 Å². The average molecular weight is 180 g/mol. The lowest BCUT2D eigenvalue weighted by atomic mass is 10.2. The molecule has 2 heteroatoms. The molecule has 1 nitrogen and oxygen atoms in total. The van der Waals surface area contributed by atoms with Crippen molar-refractivity contribution in [3.8, 4) is 5.75 Å². The van der Waals surface area contributed by atoms with E-state index in [0.717, 1.165) is 24.5 Å². The van der Waals surface area contributed by atoms with Crippen molar-refractivity contribution in [2.24, 2.45) is 0 Å². The summed E-state index contributed by atoms with van der Waals surface area (Å²) in [5, 5.41) is 0. The molecular formula is C10H12OS. The van der Waals surface area contributed by atoms with Crippen LogP contribution in [0.2, 0.25) is 0 Å². The minimum Gasteiger partial charge on any atom is -0.492 e. The second kappa shape index (κ2) is 3.40. The Morgan fingerprint density at radius 2 is 2.42 bits per heavy atom. The van der Waals surface area contributed by atoms with E-state index in [1.807, 2.05) is 11.8 Å². The van der Waals surface area contributed by atoms with Crippen molar-refractivity contribution >= 4 is 11.8 Å². The normalized spacial score (nSPS) is 15.1. The molecule has 1 aliphatic heterocycles. The monoisotopic (exact) mass is 180 g/mol. The topological polar surface area (TPSA) is 9.23 Å². The van der Waals surface area contributed by atoms with Gasteiger partial charge in [-0.15, -0.1) is 11.8 Å². The van der Waals surface area contributed by atoms with Crippen molar-refractivity contribution in [1.82, 2.24) is 0 Å². The van der Waals surface area contributed by atoms with Crippen LogP contribution in [0.25, 0.3) is 0 Å². The number of thioether (sulfide) groups is 1. The molecule has 1 heterocycles. The smallest absolute Gasteiger partial charge is 0.132 e. The van der Waals surface area contributed by atoms with Gasteiger partial charge in [-0.3, -0.25) is 0 Å². The molecule has 1 aromatic carbocycles. The van der Waals surface area contributed by atoms with E-state index in [1.165, 1.54) is 10.5 Å². The third-order valence-corrected chi connectivity index (χ3v) is 3.02. The van der Waals surface area contributed by atoms with Crippen LogP contribution < -0.4 is 4.74 Å². The van der Waals surface area contributed by atoms with Gasteiger partial charge in [0.2, 0.25) is 0 Å². The predicted octanol–water partition coefficient (Wildman–Crippen LogP) is 2.73. The summed E-state index contributed by atoms with van der Waals surface area (Å²) in [7, 11) is 0. The molecule has 0 N–H and O–H groups in total. The van der Waals surface area contributed by atoms with Gasteiger partial charge in [-0.05, 0) is 24.1 Å². The first-order valence-corrected chi connectivity index (χ1v) is 5.27. The second-order valence-corrected chi connectivity index (χ2v) is 3.97. The van der Waals surface area contributed by atoms with Crippen LogP contribution in [-0.4, -0.2) is 12.4 Å². The van der Waals surface area contributed by atoms with Crippen LogP contribution in [0.15, 0.2) is 23.1 Å². The highest BCUT2D eigenvalue weighted by Crippen LogP contribution is 2.33. The van der Waals surface area contributed by atoms with Gasteiger partial charge in [0.25, 0.3) is 0 Å². The lowest BCUT2D eigenvalue weighted by molar-refractivity contribution is 0.330. The Balaban J connectivity index is 2.36. The number of benzene rings is 1. The summed E-state index contributed by atoms with van der Waals surface area (Å²) in [4.78, 5) is 1.31. The lowest BCUT2D eigenvalue weighted by Gasteiger charge is -2.16. The minimum atomic E-state index is 0.850. The summed E-state index contributed by atoms with van der Waals surface area (Å²) in [6, 6.07) is 6.46. The zero-order valence-electron chi connectivity index (χ0n) is 7.17. The SMILES string of the molecule is CCc1ccc2c(c1)SCCO2. The van der Waals surface area contributed by atoms with E-state index in [-0.39, 0.29) is 0 Å². The molecule has 2 rings (SSSR count). The van der Waals surface area contributed by atoms with Gasteiger partial charge in [0.05, 0.1) is 6.61 Å². The second-order valence-electron chi connectivity index (χ2n) is 2.83. The highest BCUT2D eigenvalue weighted by atomic mass is 32.2. The number of fused-ring (bicyclic) bond motifs is 1. The Labute approximate surface area is 77.1 Å². The molecular weight excluding hydrogens is 168 g/mol. The summed E-state index contributed by atoms with van der Waals surface area (Å²) >= 11 is 1.89. The van der Waals surface area contributed by atoms with E-state index in [0.29, 0.717) is 0 Å². The zero-order chi connectivity index (χ0) is 8.39. The summed E-state index contributed by atoms with van der Waals surface area (Å²) in [6.45, 7) is 3.03. The number of hydrogen-bond acceptors (Lipinski definition) is 2. The summed E-state index contributed by atoms with van der Waals surface area (Å²) in [6.07, 6.45) is 1.10. The molecule has 0 fully saturated rings.